The van der Waals surface area contributed by atoms with Gasteiger partial charge in [-0.1, -0.05) is 32.0 Å². The second-order valence-corrected chi connectivity index (χ2v) is 4.86. The van der Waals surface area contributed by atoms with Gasteiger partial charge in [0.25, 0.3) is 0 Å². The van der Waals surface area contributed by atoms with Crippen molar-refractivity contribution in [2.75, 3.05) is 7.11 Å². The summed E-state index contributed by atoms with van der Waals surface area (Å²) in [6, 6.07) is 8.13. The average Bonchev–Trinajstić information content (AvgIpc) is 2.96. The first-order valence-corrected chi connectivity index (χ1v) is 7.13. The summed E-state index contributed by atoms with van der Waals surface area (Å²) in [6.45, 7) is 4.21. The zero-order valence-electron chi connectivity index (χ0n) is 12.4. The first kappa shape index (κ1) is 14.6. The molecule has 0 aliphatic heterocycles. The summed E-state index contributed by atoms with van der Waals surface area (Å²) in [7, 11) is 1.70. The summed E-state index contributed by atoms with van der Waals surface area (Å²) in [5, 5.41) is 0. The van der Waals surface area contributed by atoms with Gasteiger partial charge in [-0.25, -0.2) is 4.98 Å². The minimum Gasteiger partial charge on any atom is -0.496 e. The third-order valence-corrected chi connectivity index (χ3v) is 3.70. The number of aryl methyl sites for hydroxylation is 1. The smallest absolute Gasteiger partial charge is 0.124 e. The molecule has 0 radical (unpaired) electrons. The Hall–Kier alpha value is -1.81. The van der Waals surface area contributed by atoms with Crippen LogP contribution in [-0.2, 0) is 6.42 Å². The lowest BCUT2D eigenvalue weighted by Gasteiger charge is -2.27. The standard InChI is InChI=1S/C16H23N3O/c1-4-13(17)16(19-11-10-18-15(19)5-2)12-8-6-7-9-14(12)20-3/h6-11,13,16H,4-5,17H2,1-3H3. The largest absolute Gasteiger partial charge is 0.496 e. The molecule has 0 fully saturated rings. The van der Waals surface area contributed by atoms with Crippen molar-refractivity contribution in [3.8, 4) is 5.75 Å². The Labute approximate surface area is 120 Å². The van der Waals surface area contributed by atoms with E-state index in [1.54, 1.807) is 7.11 Å². The highest BCUT2D eigenvalue weighted by Crippen LogP contribution is 2.31. The normalized spacial score (nSPS) is 14.0. The molecule has 1 aromatic heterocycles. The van der Waals surface area contributed by atoms with E-state index in [2.05, 4.69) is 29.5 Å². The van der Waals surface area contributed by atoms with Gasteiger partial charge in [-0.05, 0) is 12.5 Å². The average molecular weight is 273 g/mol. The van der Waals surface area contributed by atoms with E-state index in [4.69, 9.17) is 10.5 Å². The molecule has 0 saturated carbocycles. The minimum absolute atomic E-state index is 0.0193. The number of imidazole rings is 1. The van der Waals surface area contributed by atoms with E-state index in [0.717, 1.165) is 30.0 Å². The Kier molecular flexibility index (Phi) is 4.79. The lowest BCUT2D eigenvalue weighted by molar-refractivity contribution is 0.384. The quantitative estimate of drug-likeness (QED) is 0.880. The molecule has 1 heterocycles. The van der Waals surface area contributed by atoms with Gasteiger partial charge in [0.05, 0.1) is 13.2 Å². The van der Waals surface area contributed by atoms with Gasteiger partial charge in [0.2, 0.25) is 0 Å². The molecule has 0 amide bonds. The Balaban J connectivity index is 2.53. The van der Waals surface area contributed by atoms with Gasteiger partial charge in [0.15, 0.2) is 0 Å². The van der Waals surface area contributed by atoms with E-state index in [1.807, 2.05) is 30.6 Å². The predicted octanol–water partition coefficient (Wildman–Crippen LogP) is 2.78. The summed E-state index contributed by atoms with van der Waals surface area (Å²) >= 11 is 0. The molecule has 0 spiro atoms. The highest BCUT2D eigenvalue weighted by molar-refractivity contribution is 5.37. The molecule has 108 valence electrons. The third-order valence-electron chi connectivity index (χ3n) is 3.70. The summed E-state index contributed by atoms with van der Waals surface area (Å²) in [5.41, 5.74) is 7.49. The highest BCUT2D eigenvalue weighted by atomic mass is 16.5. The van der Waals surface area contributed by atoms with E-state index in [0.29, 0.717) is 0 Å². The Morgan fingerprint density at radius 2 is 2.05 bits per heavy atom. The number of ether oxygens (including phenoxy) is 1. The van der Waals surface area contributed by atoms with Crippen LogP contribution in [0.1, 0.15) is 37.7 Å². The number of nitrogens with zero attached hydrogens (tertiary/aromatic N) is 2. The number of nitrogens with two attached hydrogens (primary N) is 1. The molecule has 1 aromatic carbocycles. The molecule has 2 aromatic rings. The van der Waals surface area contributed by atoms with Crippen molar-refractivity contribution >= 4 is 0 Å². The van der Waals surface area contributed by atoms with Crippen LogP contribution in [0.15, 0.2) is 36.7 Å². The van der Waals surface area contributed by atoms with Crippen LogP contribution in [0.3, 0.4) is 0 Å². The second-order valence-electron chi connectivity index (χ2n) is 4.86. The summed E-state index contributed by atoms with van der Waals surface area (Å²) in [4.78, 5) is 4.42. The molecular weight excluding hydrogens is 250 g/mol. The van der Waals surface area contributed by atoms with Crippen molar-refractivity contribution in [1.29, 1.82) is 0 Å². The lowest BCUT2D eigenvalue weighted by atomic mass is 9.96. The van der Waals surface area contributed by atoms with Crippen molar-refractivity contribution in [3.63, 3.8) is 0 Å². The summed E-state index contributed by atoms with van der Waals surface area (Å²) in [5.74, 6) is 1.92. The topological polar surface area (TPSA) is 53.1 Å². The van der Waals surface area contributed by atoms with E-state index in [-0.39, 0.29) is 12.1 Å². The van der Waals surface area contributed by atoms with Gasteiger partial charge < -0.3 is 15.0 Å². The molecule has 2 atom stereocenters. The lowest BCUT2D eigenvalue weighted by Crippen LogP contribution is -2.33. The fourth-order valence-electron chi connectivity index (χ4n) is 2.59. The summed E-state index contributed by atoms with van der Waals surface area (Å²) < 4.78 is 7.68. The van der Waals surface area contributed by atoms with E-state index >= 15 is 0 Å². The number of para-hydroxylation sites is 1. The van der Waals surface area contributed by atoms with Crippen LogP contribution in [-0.4, -0.2) is 22.7 Å². The van der Waals surface area contributed by atoms with Gasteiger partial charge >= 0.3 is 0 Å². The van der Waals surface area contributed by atoms with Gasteiger partial charge in [0.1, 0.15) is 11.6 Å². The van der Waals surface area contributed by atoms with Gasteiger partial charge in [-0.2, -0.15) is 0 Å². The molecule has 4 nitrogen and oxygen atoms in total. The molecule has 2 unspecified atom stereocenters. The van der Waals surface area contributed by atoms with E-state index < -0.39 is 0 Å². The summed E-state index contributed by atoms with van der Waals surface area (Å²) in [6.07, 6.45) is 5.62. The number of rotatable bonds is 6. The Morgan fingerprint density at radius 1 is 1.30 bits per heavy atom. The monoisotopic (exact) mass is 273 g/mol. The Bertz CT molecular complexity index is 550. The van der Waals surface area contributed by atoms with Crippen LogP contribution in [0.5, 0.6) is 5.75 Å². The number of benzene rings is 1. The molecule has 0 aliphatic carbocycles. The zero-order valence-corrected chi connectivity index (χ0v) is 12.4. The zero-order chi connectivity index (χ0) is 14.5. The van der Waals surface area contributed by atoms with Crippen molar-refractivity contribution in [1.82, 2.24) is 9.55 Å². The first-order valence-electron chi connectivity index (χ1n) is 7.13. The first-order chi connectivity index (χ1) is 9.72. The maximum Gasteiger partial charge on any atom is 0.124 e. The van der Waals surface area contributed by atoms with Crippen molar-refractivity contribution in [2.24, 2.45) is 5.73 Å². The highest BCUT2D eigenvalue weighted by Gasteiger charge is 2.24. The molecule has 0 saturated heterocycles. The second kappa shape index (κ2) is 6.57. The third kappa shape index (κ3) is 2.70. The van der Waals surface area contributed by atoms with Gasteiger partial charge in [-0.3, -0.25) is 0 Å². The number of hydrogen-bond donors (Lipinski definition) is 1. The van der Waals surface area contributed by atoms with E-state index in [9.17, 15) is 0 Å². The number of hydrogen-bond acceptors (Lipinski definition) is 3. The van der Waals surface area contributed by atoms with Crippen LogP contribution in [0.4, 0.5) is 0 Å². The van der Waals surface area contributed by atoms with Gasteiger partial charge in [-0.15, -0.1) is 0 Å². The van der Waals surface area contributed by atoms with Crippen LogP contribution in [0, 0.1) is 0 Å². The maximum absolute atomic E-state index is 6.38. The number of aromatic nitrogens is 2. The minimum atomic E-state index is 0.0193. The van der Waals surface area contributed by atoms with Crippen molar-refractivity contribution < 1.29 is 4.74 Å². The fourth-order valence-corrected chi connectivity index (χ4v) is 2.59. The van der Waals surface area contributed by atoms with Crippen LogP contribution >= 0.6 is 0 Å². The maximum atomic E-state index is 6.38. The fraction of sp³-hybridized carbons (Fsp3) is 0.438. The van der Waals surface area contributed by atoms with Crippen molar-refractivity contribution in [3.05, 3.63) is 48.0 Å². The molecule has 0 aliphatic rings. The van der Waals surface area contributed by atoms with Crippen LogP contribution in [0.25, 0.3) is 0 Å². The van der Waals surface area contributed by atoms with E-state index in [1.165, 1.54) is 0 Å². The molecular formula is C16H23N3O. The van der Waals surface area contributed by atoms with Crippen LogP contribution < -0.4 is 10.5 Å². The van der Waals surface area contributed by atoms with Crippen LogP contribution in [0.2, 0.25) is 0 Å². The SMILES string of the molecule is CCc1nccn1C(c1ccccc1OC)C(N)CC. The Morgan fingerprint density at radius 3 is 2.70 bits per heavy atom. The molecule has 4 heteroatoms. The van der Waals surface area contributed by atoms with Gasteiger partial charge in [0, 0.05) is 30.4 Å². The number of methoxy groups -OCH3 is 1. The van der Waals surface area contributed by atoms with Crippen molar-refractivity contribution in [2.45, 2.75) is 38.8 Å². The predicted molar refractivity (Wildman–Crippen MR) is 81.0 cm³/mol. The molecule has 2 N–H and O–H groups in total. The molecule has 0 bridgehead atoms. The molecule has 2 rings (SSSR count). The molecule has 20 heavy (non-hydrogen) atoms.